The molecule has 0 amide bonds. The Kier molecular flexibility index (Phi) is 11.9. The molecule has 0 saturated heterocycles. The largest absolute Gasteiger partial charge is 0.526 e. The van der Waals surface area contributed by atoms with E-state index in [4.69, 9.17) is 39.9 Å². The highest BCUT2D eigenvalue weighted by Gasteiger charge is 2.38. The van der Waals surface area contributed by atoms with Gasteiger partial charge in [0.25, 0.3) is 0 Å². The van der Waals surface area contributed by atoms with Crippen LogP contribution in [0, 0.1) is 0 Å². The zero-order chi connectivity index (χ0) is 16.8. The molecular weight excluding hydrogens is 394 g/mol. The van der Waals surface area contributed by atoms with Crippen LogP contribution in [0.4, 0.5) is 0 Å². The molecule has 0 spiro atoms. The topological polar surface area (TPSA) is 302 Å². The Morgan fingerprint density at radius 3 is 0.905 bits per heavy atom. The van der Waals surface area contributed by atoms with Gasteiger partial charge in [-0.15, -0.1) is 9.35 Å². The minimum atomic E-state index is -5.46. The Morgan fingerprint density at radius 2 is 0.810 bits per heavy atom. The van der Waals surface area contributed by atoms with Crippen LogP contribution in [0.25, 0.3) is 0 Å². The van der Waals surface area contributed by atoms with Crippen LogP contribution in [0.3, 0.4) is 0 Å². The van der Waals surface area contributed by atoms with Crippen LogP contribution in [0.15, 0.2) is 0 Å². The van der Waals surface area contributed by atoms with Crippen molar-refractivity contribution in [3.05, 3.63) is 0 Å². The minimum absolute atomic E-state index is 0. The van der Waals surface area contributed by atoms with Crippen LogP contribution in [0.5, 0.6) is 0 Å². The fourth-order valence-corrected chi connectivity index (χ4v) is 2.87. The van der Waals surface area contributed by atoms with Gasteiger partial charge < -0.3 is 30.6 Å². The average molecular weight is 405 g/mol. The summed E-state index contributed by atoms with van der Waals surface area (Å²) in [7, 11) is -20.7. The Morgan fingerprint density at radius 1 is 0.571 bits per heavy atom. The lowest BCUT2D eigenvalue weighted by Crippen LogP contribution is -1.91. The van der Waals surface area contributed by atoms with E-state index in [0.29, 0.717) is 0 Å². The molecule has 0 aromatic heterocycles. The molecule has 0 aliphatic heterocycles. The van der Waals surface area contributed by atoms with Crippen LogP contribution >= 0.6 is 31.3 Å². The van der Waals surface area contributed by atoms with Crippen molar-refractivity contribution < 1.29 is 76.1 Å². The van der Waals surface area contributed by atoms with E-state index in [1.54, 1.807) is 0 Å². The smallest absolute Gasteiger partial charge is 0.344 e. The van der Waals surface area contributed by atoms with Gasteiger partial charge in [0.15, 0.2) is 0 Å². The zero-order valence-electron chi connectivity index (χ0n) is 9.34. The van der Waals surface area contributed by atoms with Crippen molar-refractivity contribution >= 4 is 31.3 Å². The van der Waals surface area contributed by atoms with Gasteiger partial charge in [-0.25, -0.2) is 28.8 Å². The second-order valence-electron chi connectivity index (χ2n) is 2.24. The maximum atomic E-state index is 10.4. The Hall–Kier alpha value is 0.400. The highest BCUT2D eigenvalue weighted by atomic mass is 31.3. The molecule has 17 nitrogen and oxygen atoms in total. The molecule has 11 N–H and O–H groups in total. The number of rotatable bonds is 6. The summed E-state index contributed by atoms with van der Waals surface area (Å²) in [5, 5.41) is 14.6. The highest BCUT2D eigenvalue weighted by Crippen LogP contribution is 2.64. The first-order valence-electron chi connectivity index (χ1n) is 3.39. The van der Waals surface area contributed by atoms with E-state index in [0.717, 1.165) is 0 Å². The van der Waals surface area contributed by atoms with E-state index in [-0.39, 0.29) is 6.15 Å². The van der Waals surface area contributed by atoms with Crippen LogP contribution in [-0.4, -0.2) is 39.9 Å². The maximum absolute atomic E-state index is 10.4. The first kappa shape index (κ1) is 26.3. The number of phosphoric acid groups is 4. The van der Waals surface area contributed by atoms with Crippen LogP contribution in [0.1, 0.15) is 0 Å². The third-order valence-corrected chi connectivity index (χ3v) is 4.39. The van der Waals surface area contributed by atoms with Crippen molar-refractivity contribution in [3.63, 3.8) is 0 Å². The summed E-state index contributed by atoms with van der Waals surface area (Å²) in [5.74, 6) is 0. The Bertz CT molecular complexity index is 429. The van der Waals surface area contributed by atoms with Crippen molar-refractivity contribution in [2.45, 2.75) is 0 Å². The molecule has 132 valence electrons. The molecular formula is H11NO16P4. The van der Waals surface area contributed by atoms with E-state index in [1.165, 1.54) is 0 Å². The fraction of sp³-hybridized carbons (Fsp3) is 0. The lowest BCUT2D eigenvalue weighted by atomic mass is 14.0. The van der Waals surface area contributed by atoms with E-state index in [9.17, 15) is 18.3 Å². The molecule has 0 radical (unpaired) electrons. The molecule has 0 aliphatic rings. The second-order valence-corrected chi connectivity index (χ2v) is 7.71. The molecule has 0 aliphatic carbocycles. The van der Waals surface area contributed by atoms with Crippen molar-refractivity contribution in [2.24, 2.45) is 0 Å². The van der Waals surface area contributed by atoms with Gasteiger partial charge in [0, 0.05) is 0 Å². The quantitative estimate of drug-likeness (QED) is 0.153. The predicted octanol–water partition coefficient (Wildman–Crippen LogP) is -0.467. The van der Waals surface area contributed by atoms with Gasteiger partial charge in [-0.05, 0) is 0 Å². The molecule has 0 aromatic rings. The standard InChI is InChI=1S/H3N.H5O10P3.H3O6P/c;1-11(2,3)9-13(7,8)10-12(4,5)6;1-5-7(3,4)6-2/h1H3;(H,7,8)(H2,1,2,3)(H2,4,5,6);1-2H,(H,3,4). The van der Waals surface area contributed by atoms with Crippen molar-refractivity contribution in [1.82, 2.24) is 6.15 Å². The average Bonchev–Trinajstić information content (AvgIpc) is 2.10. The van der Waals surface area contributed by atoms with Gasteiger partial charge in [0.2, 0.25) is 0 Å². The summed E-state index contributed by atoms with van der Waals surface area (Å²) in [6.07, 6.45) is 0. The molecule has 0 saturated carbocycles. The summed E-state index contributed by atoms with van der Waals surface area (Å²) in [5.41, 5.74) is 0. The first-order valence-corrected chi connectivity index (χ1v) is 9.44. The van der Waals surface area contributed by atoms with E-state index >= 15 is 0 Å². The van der Waals surface area contributed by atoms with Crippen molar-refractivity contribution in [3.8, 4) is 0 Å². The molecule has 21 heteroatoms. The third kappa shape index (κ3) is 20.4. The molecule has 0 heterocycles. The van der Waals surface area contributed by atoms with Crippen molar-refractivity contribution in [1.29, 1.82) is 0 Å². The monoisotopic (exact) mass is 405 g/mol. The lowest BCUT2D eigenvalue weighted by molar-refractivity contribution is -0.224. The van der Waals surface area contributed by atoms with Crippen LogP contribution in [-0.2, 0) is 36.2 Å². The van der Waals surface area contributed by atoms with Gasteiger partial charge in [-0.3, -0.25) is 4.89 Å². The van der Waals surface area contributed by atoms with Gasteiger partial charge in [-0.2, -0.15) is 8.62 Å². The van der Waals surface area contributed by atoms with Gasteiger partial charge >= 0.3 is 31.3 Å². The van der Waals surface area contributed by atoms with Crippen LogP contribution in [0.2, 0.25) is 0 Å². The maximum Gasteiger partial charge on any atom is 0.526 e. The third-order valence-electron chi connectivity index (χ3n) is 0.625. The molecule has 21 heavy (non-hydrogen) atoms. The van der Waals surface area contributed by atoms with E-state index in [1.807, 2.05) is 0 Å². The molecule has 0 atom stereocenters. The summed E-state index contributed by atoms with van der Waals surface area (Å²) < 4.78 is 51.4. The molecule has 0 fully saturated rings. The molecule has 0 aromatic carbocycles. The second kappa shape index (κ2) is 9.52. The SMILES string of the molecule is N.O=P(O)(O)OP(=O)(O)OP(=O)(O)O.O=P(O)(OO)OO. The molecule has 0 unspecified atom stereocenters. The highest BCUT2D eigenvalue weighted by molar-refractivity contribution is 7.66. The molecule has 0 bridgehead atoms. The fourth-order valence-electron chi connectivity index (χ4n) is 0.299. The number of hydrogen-bond acceptors (Lipinski definition) is 11. The Labute approximate surface area is 114 Å². The summed E-state index contributed by atoms with van der Waals surface area (Å²) >= 11 is 0. The molecule has 0 rings (SSSR count). The number of hydrogen-bond donors (Lipinski definition) is 9. The van der Waals surface area contributed by atoms with E-state index in [2.05, 4.69) is 18.0 Å². The summed E-state index contributed by atoms with van der Waals surface area (Å²) in [4.78, 5) is 48.0. The van der Waals surface area contributed by atoms with E-state index < -0.39 is 31.3 Å². The normalized spacial score (nSPS) is 13.0. The van der Waals surface area contributed by atoms with Gasteiger partial charge in [0.1, 0.15) is 0 Å². The Balaban J connectivity index is -0.000000347. The first-order chi connectivity index (χ1) is 8.54. The van der Waals surface area contributed by atoms with Gasteiger partial charge in [0.05, 0.1) is 0 Å². The predicted molar refractivity (Wildman–Crippen MR) is 58.4 cm³/mol. The van der Waals surface area contributed by atoms with Gasteiger partial charge in [-0.1, -0.05) is 0 Å². The van der Waals surface area contributed by atoms with Crippen molar-refractivity contribution in [2.75, 3.05) is 0 Å². The summed E-state index contributed by atoms with van der Waals surface area (Å²) in [6, 6.07) is 0. The zero-order valence-corrected chi connectivity index (χ0v) is 12.9. The van der Waals surface area contributed by atoms with Crippen LogP contribution < -0.4 is 6.15 Å². The lowest BCUT2D eigenvalue weighted by Gasteiger charge is -2.11. The summed E-state index contributed by atoms with van der Waals surface area (Å²) in [6.45, 7) is 0. The minimum Gasteiger partial charge on any atom is -0.344 e.